The molecule has 0 amide bonds. The number of hydrogen-bond acceptors (Lipinski definition) is 2. The molecule has 0 radical (unpaired) electrons. The van der Waals surface area contributed by atoms with Crippen molar-refractivity contribution < 1.29 is 0 Å². The minimum Gasteiger partial charge on any atom is -0.309 e. The van der Waals surface area contributed by atoms with E-state index in [4.69, 9.17) is 9.97 Å². The van der Waals surface area contributed by atoms with Gasteiger partial charge < -0.3 is 9.13 Å². The lowest BCUT2D eigenvalue weighted by molar-refractivity contribution is 0.661. The molecular formula is C55H38N4. The molecule has 8 aromatic carbocycles. The van der Waals surface area contributed by atoms with Crippen molar-refractivity contribution in [1.82, 2.24) is 19.1 Å². The molecule has 0 aliphatic heterocycles. The summed E-state index contributed by atoms with van der Waals surface area (Å²) >= 11 is 0. The molecule has 1 aliphatic rings. The third-order valence-corrected chi connectivity index (χ3v) is 12.5. The average Bonchev–Trinajstić information content (AvgIpc) is 3.88. The summed E-state index contributed by atoms with van der Waals surface area (Å²) in [6.07, 6.45) is 0. The molecule has 4 heteroatoms. The molecule has 3 heterocycles. The van der Waals surface area contributed by atoms with Crippen LogP contribution in [-0.2, 0) is 5.41 Å². The lowest BCUT2D eigenvalue weighted by Crippen LogP contribution is -2.15. The first kappa shape index (κ1) is 33.6. The first-order chi connectivity index (χ1) is 29.0. The van der Waals surface area contributed by atoms with Crippen molar-refractivity contribution in [3.8, 4) is 56.4 Å². The van der Waals surface area contributed by atoms with Crippen LogP contribution in [0, 0.1) is 0 Å². The zero-order valence-electron chi connectivity index (χ0n) is 32.8. The van der Waals surface area contributed by atoms with Gasteiger partial charge in [0.2, 0.25) is 0 Å². The van der Waals surface area contributed by atoms with E-state index in [1.807, 2.05) is 24.3 Å². The maximum absolute atomic E-state index is 5.10. The Labute approximate surface area is 342 Å². The largest absolute Gasteiger partial charge is 0.309 e. The van der Waals surface area contributed by atoms with Crippen LogP contribution in [0.2, 0.25) is 0 Å². The van der Waals surface area contributed by atoms with E-state index >= 15 is 0 Å². The molecule has 11 aromatic rings. The summed E-state index contributed by atoms with van der Waals surface area (Å²) < 4.78 is 4.87. The highest BCUT2D eigenvalue weighted by Crippen LogP contribution is 2.53. The SMILES string of the molecule is CC1(C)c2cc3c(cc2-c2cc4c5ccccc5n(-c5ccc(-c6cc(-c7ccccc7)nc(-c7ccccc7)n6)cc5)c4cc21)c1ccccc1n3-c1ccccc1. The quantitative estimate of drug-likeness (QED) is 0.175. The summed E-state index contributed by atoms with van der Waals surface area (Å²) in [7, 11) is 0. The molecule has 0 unspecified atom stereocenters. The third-order valence-electron chi connectivity index (χ3n) is 12.5. The smallest absolute Gasteiger partial charge is 0.160 e. The molecule has 4 nitrogen and oxygen atoms in total. The molecule has 0 N–H and O–H groups in total. The van der Waals surface area contributed by atoms with Gasteiger partial charge in [-0.2, -0.15) is 0 Å². The van der Waals surface area contributed by atoms with Gasteiger partial charge in [-0.05, 0) is 89.0 Å². The van der Waals surface area contributed by atoms with Crippen molar-refractivity contribution in [1.29, 1.82) is 0 Å². The maximum Gasteiger partial charge on any atom is 0.160 e. The van der Waals surface area contributed by atoms with E-state index in [2.05, 4.69) is 193 Å². The van der Waals surface area contributed by atoms with Gasteiger partial charge in [-0.3, -0.25) is 0 Å². The van der Waals surface area contributed by atoms with Crippen LogP contribution < -0.4 is 0 Å². The second-order valence-corrected chi connectivity index (χ2v) is 16.2. The fraction of sp³-hybridized carbons (Fsp3) is 0.0545. The lowest BCUT2D eigenvalue weighted by Gasteiger charge is -2.22. The summed E-state index contributed by atoms with van der Waals surface area (Å²) in [4.78, 5) is 10.1. The summed E-state index contributed by atoms with van der Waals surface area (Å²) in [6.45, 7) is 4.78. The lowest BCUT2D eigenvalue weighted by atomic mass is 9.82. The van der Waals surface area contributed by atoms with Crippen LogP contribution in [0.4, 0.5) is 0 Å². The van der Waals surface area contributed by atoms with E-state index in [0.29, 0.717) is 5.82 Å². The van der Waals surface area contributed by atoms with Gasteiger partial charge in [0.1, 0.15) is 0 Å². The summed E-state index contributed by atoms with van der Waals surface area (Å²) in [5, 5.41) is 5.06. The minimum atomic E-state index is -0.212. The van der Waals surface area contributed by atoms with Gasteiger partial charge >= 0.3 is 0 Å². The first-order valence-corrected chi connectivity index (χ1v) is 20.3. The van der Waals surface area contributed by atoms with Crippen LogP contribution in [0.25, 0.3) is 100 Å². The van der Waals surface area contributed by atoms with Crippen LogP contribution in [-0.4, -0.2) is 19.1 Å². The topological polar surface area (TPSA) is 35.6 Å². The van der Waals surface area contributed by atoms with Crippen molar-refractivity contribution in [2.24, 2.45) is 0 Å². The molecule has 278 valence electrons. The highest BCUT2D eigenvalue weighted by atomic mass is 15.0. The third kappa shape index (κ3) is 5.09. The number of nitrogens with zero attached hydrogens (tertiary/aromatic N) is 4. The molecule has 1 aliphatic carbocycles. The molecule has 0 saturated carbocycles. The zero-order valence-corrected chi connectivity index (χ0v) is 32.8. The van der Waals surface area contributed by atoms with Crippen molar-refractivity contribution in [3.63, 3.8) is 0 Å². The average molecular weight is 755 g/mol. The van der Waals surface area contributed by atoms with Crippen LogP contribution >= 0.6 is 0 Å². The van der Waals surface area contributed by atoms with E-state index in [0.717, 1.165) is 33.8 Å². The molecule has 0 bridgehead atoms. The minimum absolute atomic E-state index is 0.212. The van der Waals surface area contributed by atoms with Gasteiger partial charge in [-0.15, -0.1) is 0 Å². The maximum atomic E-state index is 5.10. The molecule has 0 spiro atoms. The Hall–Kier alpha value is -7.56. The molecule has 0 atom stereocenters. The highest BCUT2D eigenvalue weighted by Gasteiger charge is 2.37. The molecular weight excluding hydrogens is 717 g/mol. The number of benzene rings is 8. The number of fused-ring (bicyclic) bond motifs is 9. The standard InChI is InChI=1S/C55H38N4/c1-55(2)46-32-52-44(40-22-12-14-24-50(40)58(52)38-20-10-5-11-21-38)30-42(46)43-31-45-41-23-13-15-25-51(41)59(53(45)33-47(43)55)39-28-26-36(27-29-39)49-34-48(35-16-6-3-7-17-35)56-54(57-49)37-18-8-4-9-19-37/h3-34H,1-2H3. The predicted molar refractivity (Wildman–Crippen MR) is 245 cm³/mol. The van der Waals surface area contributed by atoms with E-state index in [9.17, 15) is 0 Å². The Morgan fingerprint density at radius 3 is 1.31 bits per heavy atom. The Morgan fingerprint density at radius 2 is 0.780 bits per heavy atom. The molecule has 0 saturated heterocycles. The second-order valence-electron chi connectivity index (χ2n) is 16.2. The van der Waals surface area contributed by atoms with Crippen molar-refractivity contribution in [3.05, 3.63) is 205 Å². The van der Waals surface area contributed by atoms with Gasteiger partial charge in [-0.25, -0.2) is 9.97 Å². The fourth-order valence-corrected chi connectivity index (χ4v) is 9.64. The van der Waals surface area contributed by atoms with Gasteiger partial charge in [-0.1, -0.05) is 141 Å². The van der Waals surface area contributed by atoms with Gasteiger partial charge in [0.15, 0.2) is 5.82 Å². The highest BCUT2D eigenvalue weighted by molar-refractivity contribution is 6.14. The normalized spacial score (nSPS) is 13.1. The Balaban J connectivity index is 1.02. The van der Waals surface area contributed by atoms with Crippen molar-refractivity contribution >= 4 is 43.6 Å². The first-order valence-electron chi connectivity index (χ1n) is 20.3. The van der Waals surface area contributed by atoms with Gasteiger partial charge in [0.05, 0.1) is 33.5 Å². The summed E-state index contributed by atoms with van der Waals surface area (Å²) in [5.74, 6) is 0.716. The van der Waals surface area contributed by atoms with Crippen LogP contribution in [0.3, 0.4) is 0 Å². The van der Waals surface area contributed by atoms with Crippen LogP contribution in [0.5, 0.6) is 0 Å². The van der Waals surface area contributed by atoms with E-state index < -0.39 is 0 Å². The van der Waals surface area contributed by atoms with E-state index in [1.165, 1.54) is 71.6 Å². The van der Waals surface area contributed by atoms with Crippen molar-refractivity contribution in [2.45, 2.75) is 19.3 Å². The molecule has 59 heavy (non-hydrogen) atoms. The van der Waals surface area contributed by atoms with E-state index in [1.54, 1.807) is 0 Å². The van der Waals surface area contributed by atoms with Crippen LogP contribution in [0.1, 0.15) is 25.0 Å². The van der Waals surface area contributed by atoms with Gasteiger partial charge in [0.25, 0.3) is 0 Å². The number of rotatable bonds is 5. The fourth-order valence-electron chi connectivity index (χ4n) is 9.64. The molecule has 0 fully saturated rings. The number of hydrogen-bond donors (Lipinski definition) is 0. The predicted octanol–water partition coefficient (Wildman–Crippen LogP) is 14.0. The molecule has 3 aromatic heterocycles. The van der Waals surface area contributed by atoms with E-state index in [-0.39, 0.29) is 5.41 Å². The second kappa shape index (κ2) is 12.7. The zero-order chi connectivity index (χ0) is 39.2. The monoisotopic (exact) mass is 754 g/mol. The Morgan fingerprint density at radius 1 is 0.356 bits per heavy atom. The Bertz CT molecular complexity index is 3370. The Kier molecular flexibility index (Phi) is 7.24. The number of para-hydroxylation sites is 3. The van der Waals surface area contributed by atoms with Crippen molar-refractivity contribution in [2.75, 3.05) is 0 Å². The van der Waals surface area contributed by atoms with Gasteiger partial charge in [0, 0.05) is 55.0 Å². The number of aromatic nitrogens is 4. The van der Waals surface area contributed by atoms with Crippen LogP contribution in [0.15, 0.2) is 194 Å². The summed E-state index contributed by atoms with van der Waals surface area (Å²) in [5.41, 5.74) is 17.2. The molecule has 12 rings (SSSR count). The summed E-state index contributed by atoms with van der Waals surface area (Å²) in [6, 6.07) is 69.8.